The van der Waals surface area contributed by atoms with Crippen molar-refractivity contribution < 1.29 is 28.6 Å². The fraction of sp³-hybridized carbons (Fsp3) is 0.320. The molecule has 184 valence electrons. The van der Waals surface area contributed by atoms with E-state index in [1.165, 1.54) is 23.5 Å². The number of carbonyl (C=O) groups excluding carboxylic acids is 2. The summed E-state index contributed by atoms with van der Waals surface area (Å²) in [5.74, 6) is -2.52. The van der Waals surface area contributed by atoms with Gasteiger partial charge < -0.3 is 20.5 Å². The number of rotatable bonds is 8. The molecule has 0 aliphatic heterocycles. The molecule has 1 saturated carbocycles. The molecule has 0 saturated heterocycles. The van der Waals surface area contributed by atoms with Crippen LogP contribution in [0, 0.1) is 11.7 Å². The number of hydrogen-bond donors (Lipinski definition) is 3. The van der Waals surface area contributed by atoms with Crippen molar-refractivity contribution in [2.24, 2.45) is 5.92 Å². The standard InChI is InChI=1S/C25H24ClFN2O5S/c26-21-18-3-1-2-4-20(18)35-22(21)24(31)29-12-11-28-23(30)17-10-9-16(13-19(17)27)34-15-7-5-14(6-8-15)25(32)33/h1-4,9-10,13-15H,5-8,11-12H2,(H,28,30)(H,29,31)(H,32,33). The number of carbonyl (C=O) groups is 3. The molecule has 0 spiro atoms. The molecule has 2 aromatic carbocycles. The largest absolute Gasteiger partial charge is 0.490 e. The number of aliphatic carboxylic acids is 1. The predicted octanol–water partition coefficient (Wildman–Crippen LogP) is 4.88. The van der Waals surface area contributed by atoms with Gasteiger partial charge in [-0.05, 0) is 43.9 Å². The fourth-order valence-corrected chi connectivity index (χ4v) is 5.49. The topological polar surface area (TPSA) is 105 Å². The van der Waals surface area contributed by atoms with Crippen molar-refractivity contribution in [3.63, 3.8) is 0 Å². The second-order valence-electron chi connectivity index (χ2n) is 8.32. The van der Waals surface area contributed by atoms with E-state index in [0.29, 0.717) is 41.3 Å². The van der Waals surface area contributed by atoms with Crippen molar-refractivity contribution >= 4 is 50.8 Å². The minimum Gasteiger partial charge on any atom is -0.490 e. The SMILES string of the molecule is O=C(NCCNC(=O)c1sc2ccccc2c1Cl)c1ccc(OC2CCC(C(=O)O)CC2)cc1F. The first-order valence-electron chi connectivity index (χ1n) is 11.3. The Balaban J connectivity index is 1.25. The maximum absolute atomic E-state index is 14.5. The van der Waals surface area contributed by atoms with Gasteiger partial charge in [0.2, 0.25) is 0 Å². The van der Waals surface area contributed by atoms with Crippen LogP contribution in [0.2, 0.25) is 5.02 Å². The molecule has 0 atom stereocenters. The van der Waals surface area contributed by atoms with Crippen molar-refractivity contribution in [1.29, 1.82) is 0 Å². The number of carboxylic acids is 1. The summed E-state index contributed by atoms with van der Waals surface area (Å²) in [4.78, 5) is 36.3. The van der Waals surface area contributed by atoms with Gasteiger partial charge in [0.15, 0.2) is 0 Å². The second-order valence-corrected chi connectivity index (χ2v) is 9.75. The highest BCUT2D eigenvalue weighted by atomic mass is 35.5. The maximum atomic E-state index is 14.5. The molecule has 1 fully saturated rings. The van der Waals surface area contributed by atoms with Gasteiger partial charge in [-0.25, -0.2) is 4.39 Å². The van der Waals surface area contributed by atoms with Crippen LogP contribution in [-0.2, 0) is 4.79 Å². The minimum absolute atomic E-state index is 0.109. The third-order valence-corrected chi connectivity index (χ3v) is 7.62. The van der Waals surface area contributed by atoms with Gasteiger partial charge in [0.05, 0.1) is 22.6 Å². The molecular formula is C25H24ClFN2O5S. The summed E-state index contributed by atoms with van der Waals surface area (Å²) in [6.07, 6.45) is 2.03. The molecule has 10 heteroatoms. The Kier molecular flexibility index (Phi) is 7.87. The number of hydrogen-bond acceptors (Lipinski definition) is 5. The lowest BCUT2D eigenvalue weighted by Gasteiger charge is -2.26. The van der Waals surface area contributed by atoms with Crippen LogP contribution in [0.25, 0.3) is 10.1 Å². The fourth-order valence-electron chi connectivity index (χ4n) is 4.06. The van der Waals surface area contributed by atoms with Crippen LogP contribution in [0.5, 0.6) is 5.75 Å². The Hall–Kier alpha value is -3.17. The third-order valence-electron chi connectivity index (χ3n) is 5.95. The smallest absolute Gasteiger partial charge is 0.306 e. The van der Waals surface area contributed by atoms with E-state index in [1.807, 2.05) is 24.3 Å². The van der Waals surface area contributed by atoms with Crippen molar-refractivity contribution in [1.82, 2.24) is 10.6 Å². The van der Waals surface area contributed by atoms with Gasteiger partial charge in [-0.3, -0.25) is 14.4 Å². The molecule has 7 nitrogen and oxygen atoms in total. The Bertz CT molecular complexity index is 1260. The molecule has 3 aromatic rings. The van der Waals surface area contributed by atoms with Crippen LogP contribution >= 0.6 is 22.9 Å². The minimum atomic E-state index is -0.798. The number of fused-ring (bicyclic) bond motifs is 1. The molecule has 1 aliphatic carbocycles. The number of thiophene rings is 1. The Morgan fingerprint density at radius 2 is 1.71 bits per heavy atom. The van der Waals surface area contributed by atoms with Crippen molar-refractivity contribution in [2.75, 3.05) is 13.1 Å². The molecule has 0 bridgehead atoms. The zero-order valence-corrected chi connectivity index (χ0v) is 20.3. The molecule has 1 heterocycles. The summed E-state index contributed by atoms with van der Waals surface area (Å²) in [5.41, 5.74) is -0.134. The summed E-state index contributed by atoms with van der Waals surface area (Å²) >= 11 is 7.60. The summed E-state index contributed by atoms with van der Waals surface area (Å²) in [6, 6.07) is 11.5. The summed E-state index contributed by atoms with van der Waals surface area (Å²) in [7, 11) is 0. The number of carboxylic acid groups (broad SMARTS) is 1. The molecule has 3 N–H and O–H groups in total. The number of halogens is 2. The summed E-state index contributed by atoms with van der Waals surface area (Å²) in [5, 5.41) is 15.6. The first-order valence-corrected chi connectivity index (χ1v) is 12.5. The second kappa shape index (κ2) is 11.0. The molecule has 4 rings (SSSR count). The van der Waals surface area contributed by atoms with Crippen LogP contribution in [0.3, 0.4) is 0 Å². The predicted molar refractivity (Wildman–Crippen MR) is 132 cm³/mol. The highest BCUT2D eigenvalue weighted by molar-refractivity contribution is 7.21. The number of benzene rings is 2. The lowest BCUT2D eigenvalue weighted by atomic mass is 9.87. The molecule has 0 radical (unpaired) electrons. The quantitative estimate of drug-likeness (QED) is 0.369. The molecule has 35 heavy (non-hydrogen) atoms. The van der Waals surface area contributed by atoms with E-state index in [-0.39, 0.29) is 36.6 Å². The summed E-state index contributed by atoms with van der Waals surface area (Å²) < 4.78 is 21.2. The number of amides is 2. The first-order chi connectivity index (χ1) is 16.8. The van der Waals surface area contributed by atoms with Gasteiger partial charge in [-0.2, -0.15) is 0 Å². The third kappa shape index (κ3) is 5.91. The van der Waals surface area contributed by atoms with Crippen molar-refractivity contribution in [3.8, 4) is 5.75 Å². The van der Waals surface area contributed by atoms with E-state index in [1.54, 1.807) is 0 Å². The molecule has 2 amide bonds. The van der Waals surface area contributed by atoms with Gasteiger partial charge in [0, 0.05) is 29.2 Å². The Morgan fingerprint density at radius 3 is 2.37 bits per heavy atom. The first kappa shape index (κ1) is 24.9. The van der Waals surface area contributed by atoms with Gasteiger partial charge in [0.25, 0.3) is 11.8 Å². The molecular weight excluding hydrogens is 495 g/mol. The van der Waals surface area contributed by atoms with E-state index < -0.39 is 17.7 Å². The zero-order valence-electron chi connectivity index (χ0n) is 18.7. The lowest BCUT2D eigenvalue weighted by Crippen LogP contribution is -2.34. The van der Waals surface area contributed by atoms with Crippen LogP contribution in [0.1, 0.15) is 45.7 Å². The molecule has 1 aliphatic rings. The van der Waals surface area contributed by atoms with Crippen LogP contribution in [0.4, 0.5) is 4.39 Å². The molecule has 1 aromatic heterocycles. The van der Waals surface area contributed by atoms with E-state index in [2.05, 4.69) is 10.6 Å². The summed E-state index contributed by atoms with van der Waals surface area (Å²) in [6.45, 7) is 0.259. The maximum Gasteiger partial charge on any atom is 0.306 e. The van der Waals surface area contributed by atoms with Gasteiger partial charge in [-0.1, -0.05) is 29.8 Å². The van der Waals surface area contributed by atoms with Crippen molar-refractivity contribution in [2.45, 2.75) is 31.8 Å². The van der Waals surface area contributed by atoms with Crippen molar-refractivity contribution in [3.05, 3.63) is 63.7 Å². The van der Waals surface area contributed by atoms with Gasteiger partial charge in [0.1, 0.15) is 16.4 Å². The average Bonchev–Trinajstić information content (AvgIpc) is 3.18. The van der Waals surface area contributed by atoms with Gasteiger partial charge >= 0.3 is 5.97 Å². The van der Waals surface area contributed by atoms with Crippen LogP contribution < -0.4 is 15.4 Å². The van der Waals surface area contributed by atoms with E-state index >= 15 is 0 Å². The highest BCUT2D eigenvalue weighted by Gasteiger charge is 2.27. The van der Waals surface area contributed by atoms with E-state index in [9.17, 15) is 18.8 Å². The number of nitrogens with one attached hydrogen (secondary N) is 2. The van der Waals surface area contributed by atoms with Gasteiger partial charge in [-0.15, -0.1) is 11.3 Å². The average molecular weight is 519 g/mol. The lowest BCUT2D eigenvalue weighted by molar-refractivity contribution is -0.143. The highest BCUT2D eigenvalue weighted by Crippen LogP contribution is 2.35. The number of ether oxygens (including phenoxy) is 1. The van der Waals surface area contributed by atoms with Crippen LogP contribution in [-0.4, -0.2) is 42.1 Å². The normalized spacial score (nSPS) is 17.7. The van der Waals surface area contributed by atoms with E-state index in [4.69, 9.17) is 21.4 Å². The Morgan fingerprint density at radius 1 is 1.03 bits per heavy atom. The van der Waals surface area contributed by atoms with Crippen LogP contribution in [0.15, 0.2) is 42.5 Å². The zero-order chi connectivity index (χ0) is 24.9. The Labute approximate surface area is 210 Å². The molecule has 0 unspecified atom stereocenters. The van der Waals surface area contributed by atoms with E-state index in [0.717, 1.165) is 16.2 Å². The monoisotopic (exact) mass is 518 g/mol.